The first kappa shape index (κ1) is 25.9. The van der Waals surface area contributed by atoms with Crippen LogP contribution in [0.1, 0.15) is 34.6 Å². The summed E-state index contributed by atoms with van der Waals surface area (Å²) in [6.07, 6.45) is 0. The molecule has 0 saturated carbocycles. The molecule has 0 bridgehead atoms. The molecule has 7 nitrogen and oxygen atoms in total. The number of nitrogens with one attached hydrogen (secondary N) is 1. The summed E-state index contributed by atoms with van der Waals surface area (Å²) in [7, 11) is 3.85. The molecular weight excluding hydrogens is 471 g/mol. The van der Waals surface area contributed by atoms with Crippen LogP contribution in [0.15, 0.2) is 66.7 Å². The molecule has 1 N–H and O–H groups in total. The highest BCUT2D eigenvalue weighted by atomic mass is 19.1. The van der Waals surface area contributed by atoms with Crippen molar-refractivity contribution in [3.05, 3.63) is 83.7 Å². The number of carbonyl (C=O) groups excluding carboxylic acids is 3. The predicted octanol–water partition coefficient (Wildman–Crippen LogP) is 4.50. The van der Waals surface area contributed by atoms with Gasteiger partial charge in [-0.1, -0.05) is 38.1 Å². The monoisotopic (exact) mass is 502 g/mol. The van der Waals surface area contributed by atoms with E-state index in [0.717, 1.165) is 5.69 Å². The topological polar surface area (TPSA) is 73.0 Å². The number of nitrogens with zero attached hydrogens (tertiary/aromatic N) is 3. The van der Waals surface area contributed by atoms with Gasteiger partial charge in [0.2, 0.25) is 5.91 Å². The van der Waals surface area contributed by atoms with E-state index >= 15 is 0 Å². The van der Waals surface area contributed by atoms with Gasteiger partial charge in [0.15, 0.2) is 0 Å². The van der Waals surface area contributed by atoms with Gasteiger partial charge in [-0.2, -0.15) is 0 Å². The third-order valence-corrected chi connectivity index (χ3v) is 6.55. The molecule has 3 amide bonds. The van der Waals surface area contributed by atoms with Gasteiger partial charge < -0.3 is 20.0 Å². The molecule has 8 heteroatoms. The summed E-state index contributed by atoms with van der Waals surface area (Å²) in [6, 6.07) is 17.7. The molecule has 3 aromatic carbocycles. The minimum absolute atomic E-state index is 0.0972. The zero-order chi connectivity index (χ0) is 26.7. The van der Waals surface area contributed by atoms with Crippen molar-refractivity contribution >= 4 is 29.1 Å². The Morgan fingerprint density at radius 2 is 1.65 bits per heavy atom. The minimum atomic E-state index is -0.814. The minimum Gasteiger partial charge on any atom is -0.378 e. The Labute approximate surface area is 216 Å². The van der Waals surface area contributed by atoms with E-state index in [9.17, 15) is 18.8 Å². The van der Waals surface area contributed by atoms with Crippen molar-refractivity contribution in [2.75, 3.05) is 43.9 Å². The Bertz CT molecular complexity index is 1320. The molecular formula is C29H31FN4O3. The molecule has 192 valence electrons. The Balaban J connectivity index is 0.00000156. The maximum Gasteiger partial charge on any atom is 0.256 e. The Morgan fingerprint density at radius 1 is 0.946 bits per heavy atom. The summed E-state index contributed by atoms with van der Waals surface area (Å²) in [5.41, 5.74) is 3.13. The summed E-state index contributed by atoms with van der Waals surface area (Å²) < 4.78 is 14.3. The van der Waals surface area contributed by atoms with Crippen LogP contribution in [-0.4, -0.2) is 67.3 Å². The fourth-order valence-electron chi connectivity index (χ4n) is 4.58. The zero-order valence-corrected chi connectivity index (χ0v) is 21.5. The summed E-state index contributed by atoms with van der Waals surface area (Å²) >= 11 is 0. The number of rotatable bonds is 3. The third kappa shape index (κ3) is 5.05. The molecule has 1 unspecified atom stereocenters. The highest BCUT2D eigenvalue weighted by molar-refractivity contribution is 6.11. The van der Waals surface area contributed by atoms with Gasteiger partial charge in [-0.25, -0.2) is 4.39 Å². The van der Waals surface area contributed by atoms with E-state index in [1.54, 1.807) is 53.4 Å². The number of carbonyl (C=O) groups is 3. The SMILES string of the molecule is CC.CN(C)c1ccc(C(=O)N2CCN3C(=O)c4cc(-c5ccccc5F)ccc4NC(=O)C3C2)cc1. The lowest BCUT2D eigenvalue weighted by Gasteiger charge is -2.39. The van der Waals surface area contributed by atoms with Crippen molar-refractivity contribution in [3.8, 4) is 11.1 Å². The number of amides is 3. The number of piperazine rings is 1. The molecule has 2 aliphatic rings. The van der Waals surface area contributed by atoms with Crippen molar-refractivity contribution in [2.24, 2.45) is 0 Å². The number of hydrogen-bond acceptors (Lipinski definition) is 4. The van der Waals surface area contributed by atoms with Gasteiger partial charge in [-0.15, -0.1) is 0 Å². The van der Waals surface area contributed by atoms with Gasteiger partial charge in [0, 0.05) is 44.0 Å². The van der Waals surface area contributed by atoms with Crippen molar-refractivity contribution in [2.45, 2.75) is 19.9 Å². The molecule has 37 heavy (non-hydrogen) atoms. The molecule has 1 saturated heterocycles. The maximum atomic E-state index is 14.3. The zero-order valence-electron chi connectivity index (χ0n) is 21.5. The van der Waals surface area contributed by atoms with Crippen LogP contribution >= 0.6 is 0 Å². The van der Waals surface area contributed by atoms with Crippen molar-refractivity contribution in [1.29, 1.82) is 0 Å². The quantitative estimate of drug-likeness (QED) is 0.572. The largest absolute Gasteiger partial charge is 0.378 e. The van der Waals surface area contributed by atoms with Crippen molar-refractivity contribution < 1.29 is 18.8 Å². The van der Waals surface area contributed by atoms with Crippen LogP contribution in [0.2, 0.25) is 0 Å². The first-order valence-electron chi connectivity index (χ1n) is 12.4. The number of fused-ring (bicyclic) bond motifs is 2. The fraction of sp³-hybridized carbons (Fsp3) is 0.276. The summed E-state index contributed by atoms with van der Waals surface area (Å²) in [6.45, 7) is 4.63. The second-order valence-corrected chi connectivity index (χ2v) is 8.94. The normalized spacial score (nSPS) is 16.5. The van der Waals surface area contributed by atoms with E-state index < -0.39 is 6.04 Å². The predicted molar refractivity (Wildman–Crippen MR) is 143 cm³/mol. The molecule has 5 rings (SSSR count). The van der Waals surface area contributed by atoms with E-state index in [1.807, 2.05) is 45.0 Å². The van der Waals surface area contributed by atoms with Gasteiger partial charge in [0.25, 0.3) is 11.8 Å². The van der Waals surface area contributed by atoms with Gasteiger partial charge in [0.1, 0.15) is 11.9 Å². The van der Waals surface area contributed by atoms with E-state index in [0.29, 0.717) is 34.5 Å². The van der Waals surface area contributed by atoms with Crippen molar-refractivity contribution in [3.63, 3.8) is 0 Å². The van der Waals surface area contributed by atoms with E-state index in [1.165, 1.54) is 11.0 Å². The molecule has 2 aliphatic heterocycles. The summed E-state index contributed by atoms with van der Waals surface area (Å²) in [5.74, 6) is -1.24. The van der Waals surface area contributed by atoms with E-state index in [2.05, 4.69) is 5.32 Å². The lowest BCUT2D eigenvalue weighted by molar-refractivity contribution is -0.121. The van der Waals surface area contributed by atoms with E-state index in [-0.39, 0.29) is 36.6 Å². The Morgan fingerprint density at radius 3 is 2.32 bits per heavy atom. The van der Waals surface area contributed by atoms with Crippen LogP contribution in [0.25, 0.3) is 11.1 Å². The number of hydrogen-bond donors (Lipinski definition) is 1. The van der Waals surface area contributed by atoms with Gasteiger partial charge in [0.05, 0.1) is 17.8 Å². The van der Waals surface area contributed by atoms with Gasteiger partial charge >= 0.3 is 0 Å². The first-order chi connectivity index (χ1) is 17.8. The maximum absolute atomic E-state index is 14.3. The van der Waals surface area contributed by atoms with Crippen LogP contribution in [-0.2, 0) is 4.79 Å². The molecule has 0 aliphatic carbocycles. The molecule has 1 atom stereocenters. The smallest absolute Gasteiger partial charge is 0.256 e. The molecule has 0 radical (unpaired) electrons. The number of benzene rings is 3. The summed E-state index contributed by atoms with van der Waals surface area (Å²) in [5, 5.41) is 2.83. The molecule has 1 fully saturated rings. The van der Waals surface area contributed by atoms with Crippen LogP contribution in [0.3, 0.4) is 0 Å². The highest BCUT2D eigenvalue weighted by Crippen LogP contribution is 2.31. The number of anilines is 2. The standard InChI is InChI=1S/C27H25FN4O3.C2H6/c1-30(2)19-10-7-17(8-11-19)26(34)31-13-14-32-24(16-31)25(33)29-23-12-9-18(15-21(23)27(32)35)20-5-3-4-6-22(20)28;1-2/h3-12,15,24H,13-14,16H2,1-2H3,(H,29,33);1-2H3. The molecule has 3 aromatic rings. The van der Waals surface area contributed by atoms with Gasteiger partial charge in [-0.3, -0.25) is 14.4 Å². The second kappa shape index (κ2) is 10.8. The van der Waals surface area contributed by atoms with E-state index in [4.69, 9.17) is 0 Å². The molecule has 0 spiro atoms. The first-order valence-corrected chi connectivity index (χ1v) is 12.4. The highest BCUT2D eigenvalue weighted by Gasteiger charge is 2.40. The summed E-state index contributed by atoms with van der Waals surface area (Å²) in [4.78, 5) is 44.7. The van der Waals surface area contributed by atoms with Crippen LogP contribution in [0.4, 0.5) is 15.8 Å². The lowest BCUT2D eigenvalue weighted by atomic mass is 10.0. The molecule has 0 aromatic heterocycles. The fourth-order valence-corrected chi connectivity index (χ4v) is 4.58. The van der Waals surface area contributed by atoms with Gasteiger partial charge in [-0.05, 0) is 48.0 Å². The second-order valence-electron chi connectivity index (χ2n) is 8.94. The van der Waals surface area contributed by atoms with Crippen molar-refractivity contribution in [1.82, 2.24) is 9.80 Å². The Hall–Kier alpha value is -4.20. The molecule has 2 heterocycles. The third-order valence-electron chi connectivity index (χ3n) is 6.55. The van der Waals surface area contributed by atoms with Crippen LogP contribution in [0, 0.1) is 5.82 Å². The average molecular weight is 503 g/mol. The number of halogens is 1. The average Bonchev–Trinajstić information content (AvgIpc) is 3.03. The van der Waals surface area contributed by atoms with Crippen LogP contribution in [0.5, 0.6) is 0 Å². The Kier molecular flexibility index (Phi) is 7.57. The lowest BCUT2D eigenvalue weighted by Crippen LogP contribution is -2.59. The van der Waals surface area contributed by atoms with Crippen LogP contribution < -0.4 is 10.2 Å².